The van der Waals surface area contributed by atoms with Crippen LogP contribution >= 0.6 is 0 Å². The second-order valence-electron chi connectivity index (χ2n) is 8.61. The summed E-state index contributed by atoms with van der Waals surface area (Å²) in [6.45, 7) is 10.3. The summed E-state index contributed by atoms with van der Waals surface area (Å²) in [5, 5.41) is 10.2. The van der Waals surface area contributed by atoms with Gasteiger partial charge in [-0.25, -0.2) is 0 Å². The maximum Gasteiger partial charge on any atom is 0.0235 e. The first-order valence-corrected chi connectivity index (χ1v) is 13.2. The van der Waals surface area contributed by atoms with E-state index in [4.69, 9.17) is 5.21 Å². The average Bonchev–Trinajstić information content (AvgIpc) is 2.68. The van der Waals surface area contributed by atoms with E-state index in [1.807, 2.05) is 0 Å². The molecule has 2 nitrogen and oxygen atoms in total. The molecule has 0 saturated heterocycles. The zero-order valence-corrected chi connectivity index (χ0v) is 20.5. The van der Waals surface area contributed by atoms with Crippen LogP contribution in [0.4, 0.5) is 0 Å². The second kappa shape index (κ2) is 29.1. The molecule has 0 aromatic heterocycles. The zero-order valence-electron chi connectivity index (χ0n) is 20.5. The topological polar surface area (TPSA) is 23.5 Å². The Labute approximate surface area is 179 Å². The number of nitrogens with zero attached hydrogens (tertiary/aromatic N) is 1. The maximum atomic E-state index is 8.88. The van der Waals surface area contributed by atoms with E-state index < -0.39 is 0 Å². The average molecular weight is 400 g/mol. The van der Waals surface area contributed by atoms with Crippen LogP contribution in [0.5, 0.6) is 0 Å². The van der Waals surface area contributed by atoms with Gasteiger partial charge in [-0.3, -0.25) is 0 Å². The Morgan fingerprint density at radius 2 is 0.571 bits per heavy atom. The molecule has 0 rings (SSSR count). The summed E-state index contributed by atoms with van der Waals surface area (Å²) in [5.41, 5.74) is 0. The van der Waals surface area contributed by atoms with Crippen LogP contribution < -0.4 is 0 Å². The minimum atomic E-state index is 0.799. The molecule has 0 fully saturated rings. The summed E-state index contributed by atoms with van der Waals surface area (Å²) in [7, 11) is 0. The lowest BCUT2D eigenvalue weighted by Crippen LogP contribution is -2.20. The van der Waals surface area contributed by atoms with E-state index in [1.54, 1.807) is 0 Å². The van der Waals surface area contributed by atoms with Crippen LogP contribution in [-0.2, 0) is 0 Å². The highest BCUT2D eigenvalue weighted by Crippen LogP contribution is 2.14. The van der Waals surface area contributed by atoms with E-state index in [-0.39, 0.29) is 0 Å². The Bertz CT molecular complexity index is 221. The normalized spacial score (nSPS) is 10.9. The molecule has 0 radical (unpaired) electrons. The van der Waals surface area contributed by atoms with Gasteiger partial charge in [-0.1, -0.05) is 143 Å². The number of rotatable bonds is 21. The standard InChI is InChI=1S/C20H42.C6H15NO/c1-3-5-7-9-11-13-15-17-19-20-18-16-14-12-10-8-6-4-2;1-3-5-7(8)6-4-2/h3-20H2,1-2H3;8H,3-6H2,1-2H3. The first-order valence-electron chi connectivity index (χ1n) is 13.2. The van der Waals surface area contributed by atoms with Crippen molar-refractivity contribution >= 4 is 0 Å². The van der Waals surface area contributed by atoms with Gasteiger partial charge in [0.1, 0.15) is 0 Å². The lowest BCUT2D eigenvalue weighted by molar-refractivity contribution is -0.0900. The molecule has 0 amide bonds. The molecule has 0 aromatic rings. The molecule has 0 aliphatic heterocycles. The Kier molecular flexibility index (Phi) is 31.3. The molecule has 0 spiro atoms. The van der Waals surface area contributed by atoms with Crippen LogP contribution in [-0.4, -0.2) is 23.4 Å². The van der Waals surface area contributed by atoms with Gasteiger partial charge < -0.3 is 5.21 Å². The number of unbranched alkanes of at least 4 members (excludes halogenated alkanes) is 17. The third-order valence-corrected chi connectivity index (χ3v) is 5.42. The Hall–Kier alpha value is -0.0800. The highest BCUT2D eigenvalue weighted by atomic mass is 16.5. The molecule has 0 unspecified atom stereocenters. The molecular weight excluding hydrogens is 342 g/mol. The van der Waals surface area contributed by atoms with Gasteiger partial charge in [0.2, 0.25) is 0 Å². The van der Waals surface area contributed by atoms with Crippen LogP contribution in [0.2, 0.25) is 0 Å². The number of hydrogen-bond acceptors (Lipinski definition) is 2. The van der Waals surface area contributed by atoms with Crippen molar-refractivity contribution in [3.63, 3.8) is 0 Å². The summed E-state index contributed by atoms with van der Waals surface area (Å²) in [6.07, 6.45) is 28.5. The van der Waals surface area contributed by atoms with E-state index in [0.717, 1.165) is 25.9 Å². The molecule has 0 heterocycles. The van der Waals surface area contributed by atoms with Gasteiger partial charge in [0.25, 0.3) is 0 Å². The van der Waals surface area contributed by atoms with Crippen molar-refractivity contribution in [1.29, 1.82) is 0 Å². The van der Waals surface area contributed by atoms with Gasteiger partial charge in [-0.2, -0.15) is 5.06 Å². The summed E-state index contributed by atoms with van der Waals surface area (Å²) in [4.78, 5) is 0. The Balaban J connectivity index is 0. The molecule has 0 aliphatic carbocycles. The Morgan fingerprint density at radius 3 is 0.750 bits per heavy atom. The van der Waals surface area contributed by atoms with Crippen molar-refractivity contribution < 1.29 is 5.21 Å². The highest BCUT2D eigenvalue weighted by molar-refractivity contribution is 4.50. The fraction of sp³-hybridized carbons (Fsp3) is 1.00. The molecule has 0 saturated carbocycles. The summed E-state index contributed by atoms with van der Waals surface area (Å²) in [5.74, 6) is 0. The number of hydroxylamine groups is 2. The summed E-state index contributed by atoms with van der Waals surface area (Å²) >= 11 is 0. The van der Waals surface area contributed by atoms with Crippen molar-refractivity contribution in [2.24, 2.45) is 0 Å². The summed E-state index contributed by atoms with van der Waals surface area (Å²) in [6, 6.07) is 0. The first-order chi connectivity index (χ1) is 13.7. The smallest absolute Gasteiger partial charge is 0.0235 e. The maximum absolute atomic E-state index is 8.88. The van der Waals surface area contributed by atoms with Crippen LogP contribution in [0.15, 0.2) is 0 Å². The third-order valence-electron chi connectivity index (χ3n) is 5.42. The van der Waals surface area contributed by atoms with Crippen molar-refractivity contribution in [1.82, 2.24) is 5.06 Å². The van der Waals surface area contributed by atoms with Crippen LogP contribution in [0.25, 0.3) is 0 Å². The van der Waals surface area contributed by atoms with Gasteiger partial charge in [-0.15, -0.1) is 0 Å². The predicted octanol–water partition coefficient (Wildman–Crippen LogP) is 9.55. The largest absolute Gasteiger partial charge is 0.314 e. The molecule has 0 bridgehead atoms. The van der Waals surface area contributed by atoms with E-state index in [2.05, 4.69) is 27.7 Å². The summed E-state index contributed by atoms with van der Waals surface area (Å²) < 4.78 is 0. The van der Waals surface area contributed by atoms with Crippen LogP contribution in [0.1, 0.15) is 156 Å². The SMILES string of the molecule is CCCCCCCCCCCCCCCCCCCC.CCCN(O)CCC. The van der Waals surface area contributed by atoms with Gasteiger partial charge in [-0.05, 0) is 12.8 Å². The molecule has 0 aromatic carbocycles. The molecular formula is C26H57NO. The molecule has 1 N–H and O–H groups in total. The quantitative estimate of drug-likeness (QED) is 0.153. The van der Waals surface area contributed by atoms with E-state index >= 15 is 0 Å². The lowest BCUT2D eigenvalue weighted by atomic mass is 10.0. The van der Waals surface area contributed by atoms with Crippen molar-refractivity contribution in [2.45, 2.75) is 156 Å². The van der Waals surface area contributed by atoms with Crippen molar-refractivity contribution in [3.05, 3.63) is 0 Å². The van der Waals surface area contributed by atoms with Gasteiger partial charge in [0.15, 0.2) is 0 Å². The van der Waals surface area contributed by atoms with Crippen molar-refractivity contribution in [3.8, 4) is 0 Å². The lowest BCUT2D eigenvalue weighted by Gasteiger charge is -2.10. The number of hydrogen-bond donors (Lipinski definition) is 1. The van der Waals surface area contributed by atoms with E-state index in [9.17, 15) is 0 Å². The fourth-order valence-electron chi connectivity index (χ4n) is 3.60. The van der Waals surface area contributed by atoms with E-state index in [0.29, 0.717) is 0 Å². The fourth-order valence-corrected chi connectivity index (χ4v) is 3.60. The first kappa shape index (κ1) is 30.1. The zero-order chi connectivity index (χ0) is 21.1. The highest BCUT2D eigenvalue weighted by Gasteiger charge is 1.94. The van der Waals surface area contributed by atoms with Gasteiger partial charge in [0, 0.05) is 13.1 Å². The minimum Gasteiger partial charge on any atom is -0.314 e. The predicted molar refractivity (Wildman–Crippen MR) is 128 cm³/mol. The van der Waals surface area contributed by atoms with Gasteiger partial charge in [0.05, 0.1) is 0 Å². The van der Waals surface area contributed by atoms with Crippen LogP contribution in [0.3, 0.4) is 0 Å². The molecule has 172 valence electrons. The minimum absolute atomic E-state index is 0.799. The third kappa shape index (κ3) is 30.6. The molecule has 28 heavy (non-hydrogen) atoms. The van der Waals surface area contributed by atoms with Crippen molar-refractivity contribution in [2.75, 3.05) is 13.1 Å². The monoisotopic (exact) mass is 399 g/mol. The van der Waals surface area contributed by atoms with Crippen LogP contribution in [0, 0.1) is 0 Å². The molecule has 2 heteroatoms. The molecule has 0 aliphatic rings. The molecule has 0 atom stereocenters. The van der Waals surface area contributed by atoms with E-state index in [1.165, 1.54) is 121 Å². The Morgan fingerprint density at radius 1 is 0.357 bits per heavy atom. The second-order valence-corrected chi connectivity index (χ2v) is 8.61. The van der Waals surface area contributed by atoms with Gasteiger partial charge >= 0.3 is 0 Å².